The van der Waals surface area contributed by atoms with Crippen molar-refractivity contribution >= 4 is 17.6 Å². The number of nitrogens with one attached hydrogen (secondary N) is 1. The van der Waals surface area contributed by atoms with Crippen LogP contribution in [0, 0.1) is 11.3 Å². The molecule has 1 aromatic heterocycles. The molecule has 0 aromatic carbocycles. The smallest absolute Gasteiger partial charge is 0.246 e. The average molecular weight is 372 g/mol. The number of piperazine rings is 1. The van der Waals surface area contributed by atoms with Crippen LogP contribution in [0.25, 0.3) is 0 Å². The number of nitrogens with zero attached hydrogens (tertiary/aromatic N) is 5. The normalized spacial score (nSPS) is 32.3. The fraction of sp³-hybridized carbons (Fsp3) is 0.737. The van der Waals surface area contributed by atoms with Gasteiger partial charge in [0.2, 0.25) is 5.91 Å². The number of fused-ring (bicyclic) bond motifs is 2. The maximum absolute atomic E-state index is 12.7. The van der Waals surface area contributed by atoms with Crippen molar-refractivity contribution in [2.45, 2.75) is 37.8 Å². The van der Waals surface area contributed by atoms with Gasteiger partial charge >= 0.3 is 0 Å². The van der Waals surface area contributed by atoms with Gasteiger partial charge in [0.25, 0.3) is 0 Å². The second-order valence-electron chi connectivity index (χ2n) is 8.34. The van der Waals surface area contributed by atoms with Crippen LogP contribution >= 0.6 is 0 Å². The minimum Gasteiger partial charge on any atom is -0.377 e. The van der Waals surface area contributed by atoms with Crippen LogP contribution < -0.4 is 10.2 Å². The Kier molecular flexibility index (Phi) is 3.93. The number of aliphatic imine (C=N–C) groups is 1. The monoisotopic (exact) mass is 372 g/mol. The van der Waals surface area contributed by atoms with E-state index in [2.05, 4.69) is 20.3 Å². The third-order valence-corrected chi connectivity index (χ3v) is 7.06. The highest BCUT2D eigenvalue weighted by molar-refractivity contribution is 5.98. The van der Waals surface area contributed by atoms with E-state index in [-0.39, 0.29) is 5.91 Å². The summed E-state index contributed by atoms with van der Waals surface area (Å²) in [6, 6.07) is 0.434. The predicted molar refractivity (Wildman–Crippen MR) is 102 cm³/mol. The van der Waals surface area contributed by atoms with Crippen molar-refractivity contribution in [3.05, 3.63) is 12.4 Å². The van der Waals surface area contributed by atoms with Gasteiger partial charge in [0.05, 0.1) is 18.0 Å². The molecule has 3 heterocycles. The molecule has 8 heteroatoms. The van der Waals surface area contributed by atoms with Crippen molar-refractivity contribution in [1.82, 2.24) is 20.0 Å². The maximum Gasteiger partial charge on any atom is 0.246 e. The van der Waals surface area contributed by atoms with Gasteiger partial charge in [0.15, 0.2) is 5.96 Å². The van der Waals surface area contributed by atoms with Gasteiger partial charge in [0, 0.05) is 57.4 Å². The SMILES string of the molecule is CN=C(NC1C2CCOC2C12CCC2)N1CCN(c2cnn(C)c2)C(=O)C1. The van der Waals surface area contributed by atoms with E-state index in [0.29, 0.717) is 36.6 Å². The number of ether oxygens (including phenoxy) is 1. The Hall–Kier alpha value is -2.09. The molecule has 1 spiro atoms. The molecule has 1 aromatic rings. The van der Waals surface area contributed by atoms with Crippen molar-refractivity contribution < 1.29 is 9.53 Å². The van der Waals surface area contributed by atoms with Gasteiger partial charge in [-0.25, -0.2) is 0 Å². The Labute approximate surface area is 159 Å². The number of aryl methyl sites for hydroxylation is 1. The van der Waals surface area contributed by atoms with Crippen molar-refractivity contribution in [3.63, 3.8) is 0 Å². The Balaban J connectivity index is 1.26. The van der Waals surface area contributed by atoms with Crippen LogP contribution in [0.2, 0.25) is 0 Å². The minimum absolute atomic E-state index is 0.0891. The van der Waals surface area contributed by atoms with Gasteiger partial charge in [-0.15, -0.1) is 0 Å². The van der Waals surface area contributed by atoms with Crippen molar-refractivity contribution in [2.75, 3.05) is 38.2 Å². The lowest BCUT2D eigenvalue weighted by Gasteiger charge is -2.63. The molecular weight excluding hydrogens is 344 g/mol. The van der Waals surface area contributed by atoms with E-state index in [1.54, 1.807) is 10.9 Å². The zero-order valence-corrected chi connectivity index (χ0v) is 16.1. The molecule has 3 unspecified atom stereocenters. The standard InChI is InChI=1S/C19H28N6O2/c1-20-18(22-16-14-4-9-27-17(14)19(16)5-3-6-19)24-7-8-25(15(26)12-24)13-10-21-23(2)11-13/h10-11,14,16-17H,3-9,12H2,1-2H3,(H,20,22). The molecule has 146 valence electrons. The molecule has 1 amide bonds. The van der Waals surface area contributed by atoms with E-state index in [1.807, 2.05) is 25.2 Å². The Bertz CT molecular complexity index is 770. The van der Waals surface area contributed by atoms with Gasteiger partial charge in [-0.05, 0) is 19.3 Å². The first-order valence-electron chi connectivity index (χ1n) is 10.0. The summed E-state index contributed by atoms with van der Waals surface area (Å²) in [5.41, 5.74) is 1.17. The van der Waals surface area contributed by atoms with Crippen LogP contribution in [0.1, 0.15) is 25.7 Å². The maximum atomic E-state index is 12.7. The van der Waals surface area contributed by atoms with Gasteiger partial charge in [-0.1, -0.05) is 6.42 Å². The second-order valence-corrected chi connectivity index (χ2v) is 8.34. The molecule has 4 fully saturated rings. The first-order chi connectivity index (χ1) is 13.1. The third kappa shape index (κ3) is 2.49. The van der Waals surface area contributed by atoms with Gasteiger partial charge in [0.1, 0.15) is 6.54 Å². The average Bonchev–Trinajstić information content (AvgIpc) is 3.22. The van der Waals surface area contributed by atoms with E-state index in [0.717, 1.165) is 31.2 Å². The third-order valence-electron chi connectivity index (χ3n) is 7.06. The van der Waals surface area contributed by atoms with E-state index < -0.39 is 0 Å². The zero-order chi connectivity index (χ0) is 18.6. The highest BCUT2D eigenvalue weighted by Crippen LogP contribution is 2.62. The van der Waals surface area contributed by atoms with Crippen LogP contribution in [-0.4, -0.2) is 72.0 Å². The molecule has 3 atom stereocenters. The van der Waals surface area contributed by atoms with Crippen LogP contribution in [0.3, 0.4) is 0 Å². The second kappa shape index (κ2) is 6.22. The van der Waals surface area contributed by atoms with E-state index in [9.17, 15) is 4.79 Å². The van der Waals surface area contributed by atoms with Crippen LogP contribution in [0.15, 0.2) is 17.4 Å². The molecule has 5 rings (SSSR count). The molecule has 2 aliphatic carbocycles. The molecular formula is C19H28N6O2. The number of carbonyl (C=O) groups is 1. The molecule has 0 radical (unpaired) electrons. The summed E-state index contributed by atoms with van der Waals surface area (Å²) in [5, 5.41) is 7.90. The quantitative estimate of drug-likeness (QED) is 0.608. The fourth-order valence-corrected chi connectivity index (χ4v) is 5.57. The summed E-state index contributed by atoms with van der Waals surface area (Å²) in [4.78, 5) is 21.1. The Morgan fingerprint density at radius 1 is 1.41 bits per heavy atom. The molecule has 2 aliphatic heterocycles. The molecule has 2 saturated carbocycles. The summed E-state index contributed by atoms with van der Waals surface area (Å²) in [6.07, 6.45) is 8.99. The van der Waals surface area contributed by atoms with Gasteiger partial charge in [-0.2, -0.15) is 5.10 Å². The molecule has 27 heavy (non-hydrogen) atoms. The molecule has 2 saturated heterocycles. The van der Waals surface area contributed by atoms with Crippen LogP contribution in [0.5, 0.6) is 0 Å². The van der Waals surface area contributed by atoms with Crippen LogP contribution in [0.4, 0.5) is 5.69 Å². The number of rotatable bonds is 2. The first kappa shape index (κ1) is 17.0. The number of aromatic nitrogens is 2. The van der Waals surface area contributed by atoms with Crippen molar-refractivity contribution in [2.24, 2.45) is 23.4 Å². The van der Waals surface area contributed by atoms with E-state index in [4.69, 9.17) is 4.74 Å². The number of hydrogen-bond donors (Lipinski definition) is 1. The Morgan fingerprint density at radius 2 is 2.26 bits per heavy atom. The fourth-order valence-electron chi connectivity index (χ4n) is 5.57. The lowest BCUT2D eigenvalue weighted by molar-refractivity contribution is -0.171. The number of anilines is 1. The number of guanidine groups is 1. The molecule has 8 nitrogen and oxygen atoms in total. The van der Waals surface area contributed by atoms with Crippen LogP contribution in [-0.2, 0) is 16.6 Å². The highest BCUT2D eigenvalue weighted by atomic mass is 16.5. The summed E-state index contributed by atoms with van der Waals surface area (Å²) >= 11 is 0. The number of hydrogen-bond acceptors (Lipinski definition) is 4. The highest BCUT2D eigenvalue weighted by Gasteiger charge is 2.66. The predicted octanol–water partition coefficient (Wildman–Crippen LogP) is 0.602. The lowest BCUT2D eigenvalue weighted by Crippen LogP contribution is -2.73. The summed E-state index contributed by atoms with van der Waals surface area (Å²) in [6.45, 7) is 2.65. The molecule has 4 aliphatic rings. The topological polar surface area (TPSA) is 75.0 Å². The number of carbonyl (C=O) groups excluding carboxylic acids is 1. The minimum atomic E-state index is 0.0891. The Morgan fingerprint density at radius 3 is 2.89 bits per heavy atom. The first-order valence-corrected chi connectivity index (χ1v) is 10.0. The molecule has 0 bridgehead atoms. The zero-order valence-electron chi connectivity index (χ0n) is 16.1. The lowest BCUT2D eigenvalue weighted by atomic mass is 9.46. The summed E-state index contributed by atoms with van der Waals surface area (Å²) < 4.78 is 7.75. The van der Waals surface area contributed by atoms with E-state index in [1.165, 1.54) is 19.3 Å². The number of amides is 1. The molecule has 1 N–H and O–H groups in total. The van der Waals surface area contributed by atoms with Crippen molar-refractivity contribution in [1.29, 1.82) is 0 Å². The largest absolute Gasteiger partial charge is 0.377 e. The summed E-state index contributed by atoms with van der Waals surface area (Å²) in [5.74, 6) is 1.54. The summed E-state index contributed by atoms with van der Waals surface area (Å²) in [7, 11) is 3.68. The van der Waals surface area contributed by atoms with Gasteiger partial charge in [-0.3, -0.25) is 14.5 Å². The van der Waals surface area contributed by atoms with Gasteiger partial charge < -0.3 is 19.9 Å². The van der Waals surface area contributed by atoms with E-state index >= 15 is 0 Å². The van der Waals surface area contributed by atoms with Crippen molar-refractivity contribution in [3.8, 4) is 0 Å².